The number of carbonyl (C=O) groups excluding carboxylic acids is 2. The molecule has 9 nitrogen and oxygen atoms in total. The SMILES string of the molecule is Cc1c(CN2CCNC(=O)C2=O)sc2c1c(=O)n(C1CC1)c(=O)n2CC1CCCO1. The van der Waals surface area contributed by atoms with Crippen LogP contribution in [0, 0.1) is 6.92 Å². The van der Waals surface area contributed by atoms with Crippen molar-refractivity contribution in [3.63, 3.8) is 0 Å². The van der Waals surface area contributed by atoms with E-state index < -0.39 is 11.8 Å². The van der Waals surface area contributed by atoms with Crippen molar-refractivity contribution in [1.29, 1.82) is 0 Å². The third-order valence-corrected chi connectivity index (χ3v) is 7.45. The number of aryl methyl sites for hydroxylation is 1. The summed E-state index contributed by atoms with van der Waals surface area (Å²) in [6.07, 6.45) is 3.51. The molecule has 2 aromatic heterocycles. The van der Waals surface area contributed by atoms with Crippen LogP contribution in [0.25, 0.3) is 10.2 Å². The molecule has 5 rings (SSSR count). The van der Waals surface area contributed by atoms with Gasteiger partial charge in [-0.05, 0) is 38.2 Å². The molecule has 1 aliphatic carbocycles. The highest BCUT2D eigenvalue weighted by molar-refractivity contribution is 7.18. The smallest absolute Gasteiger partial charge is 0.332 e. The van der Waals surface area contributed by atoms with Gasteiger partial charge in [-0.15, -0.1) is 11.3 Å². The first-order valence-electron chi connectivity index (χ1n) is 10.4. The fourth-order valence-electron chi connectivity index (χ4n) is 4.32. The Labute approximate surface area is 176 Å². The first-order chi connectivity index (χ1) is 14.5. The molecule has 2 saturated heterocycles. The molecule has 4 heterocycles. The van der Waals surface area contributed by atoms with E-state index in [1.54, 1.807) is 4.57 Å². The number of nitrogens with one attached hydrogen (secondary N) is 1. The number of aromatic nitrogens is 2. The van der Waals surface area contributed by atoms with Crippen LogP contribution < -0.4 is 16.6 Å². The fraction of sp³-hybridized carbons (Fsp3) is 0.600. The molecule has 1 saturated carbocycles. The van der Waals surface area contributed by atoms with Crippen LogP contribution in [0.4, 0.5) is 0 Å². The minimum Gasteiger partial charge on any atom is -0.376 e. The second-order valence-corrected chi connectivity index (χ2v) is 9.33. The van der Waals surface area contributed by atoms with Crippen LogP contribution in [0.3, 0.4) is 0 Å². The van der Waals surface area contributed by atoms with E-state index in [0.29, 0.717) is 36.5 Å². The lowest BCUT2D eigenvalue weighted by molar-refractivity contribution is -0.148. The molecule has 2 aromatic rings. The number of hydrogen-bond acceptors (Lipinski definition) is 6. The van der Waals surface area contributed by atoms with Gasteiger partial charge in [-0.2, -0.15) is 0 Å². The lowest BCUT2D eigenvalue weighted by Crippen LogP contribution is -2.51. The second kappa shape index (κ2) is 7.35. The maximum atomic E-state index is 13.2. The molecule has 30 heavy (non-hydrogen) atoms. The van der Waals surface area contributed by atoms with Gasteiger partial charge >= 0.3 is 17.5 Å². The lowest BCUT2D eigenvalue weighted by atomic mass is 10.2. The monoisotopic (exact) mass is 432 g/mol. The van der Waals surface area contributed by atoms with Crippen LogP contribution >= 0.6 is 11.3 Å². The summed E-state index contributed by atoms with van der Waals surface area (Å²) in [5, 5.41) is 3.09. The maximum Gasteiger partial charge on any atom is 0.332 e. The van der Waals surface area contributed by atoms with Crippen LogP contribution in [0.15, 0.2) is 9.59 Å². The van der Waals surface area contributed by atoms with E-state index in [4.69, 9.17) is 4.74 Å². The first-order valence-corrected chi connectivity index (χ1v) is 11.2. The van der Waals surface area contributed by atoms with Crippen molar-refractivity contribution in [2.75, 3.05) is 19.7 Å². The van der Waals surface area contributed by atoms with E-state index in [1.807, 2.05) is 6.92 Å². The van der Waals surface area contributed by atoms with Crippen LogP contribution in [-0.2, 0) is 27.4 Å². The van der Waals surface area contributed by atoms with Crippen LogP contribution in [0.1, 0.15) is 42.2 Å². The Bertz CT molecular complexity index is 1150. The summed E-state index contributed by atoms with van der Waals surface area (Å²) in [6.45, 7) is 4.07. The molecule has 10 heteroatoms. The fourth-order valence-corrected chi connectivity index (χ4v) is 5.63. The summed E-state index contributed by atoms with van der Waals surface area (Å²) in [7, 11) is 0. The number of nitrogens with zero attached hydrogens (tertiary/aromatic N) is 3. The number of fused-ring (bicyclic) bond motifs is 1. The quantitative estimate of drug-likeness (QED) is 0.694. The van der Waals surface area contributed by atoms with Crippen molar-refractivity contribution in [3.8, 4) is 0 Å². The molecule has 0 aromatic carbocycles. The van der Waals surface area contributed by atoms with E-state index in [-0.39, 0.29) is 29.9 Å². The number of ether oxygens (including phenoxy) is 1. The Balaban J connectivity index is 1.62. The number of hydrogen-bond donors (Lipinski definition) is 1. The van der Waals surface area contributed by atoms with Crippen LogP contribution in [0.5, 0.6) is 0 Å². The summed E-state index contributed by atoms with van der Waals surface area (Å²) in [4.78, 5) is 53.4. The molecular weight excluding hydrogens is 408 g/mol. The Kier molecular flexibility index (Phi) is 4.78. The predicted molar refractivity (Wildman–Crippen MR) is 111 cm³/mol. The van der Waals surface area contributed by atoms with E-state index in [9.17, 15) is 19.2 Å². The zero-order valence-electron chi connectivity index (χ0n) is 16.8. The third kappa shape index (κ3) is 3.18. The van der Waals surface area contributed by atoms with Gasteiger partial charge in [-0.25, -0.2) is 4.79 Å². The van der Waals surface area contributed by atoms with Crippen molar-refractivity contribution in [2.45, 2.75) is 57.8 Å². The summed E-state index contributed by atoms with van der Waals surface area (Å²) < 4.78 is 8.85. The average Bonchev–Trinajstić information content (AvgIpc) is 3.30. The van der Waals surface area contributed by atoms with E-state index in [2.05, 4.69) is 5.32 Å². The van der Waals surface area contributed by atoms with E-state index in [1.165, 1.54) is 20.8 Å². The second-order valence-electron chi connectivity index (χ2n) is 8.25. The summed E-state index contributed by atoms with van der Waals surface area (Å²) in [5.74, 6) is -1.17. The number of rotatable bonds is 5. The van der Waals surface area contributed by atoms with Gasteiger partial charge < -0.3 is 15.0 Å². The topological polar surface area (TPSA) is 103 Å². The molecule has 0 radical (unpaired) electrons. The summed E-state index contributed by atoms with van der Waals surface area (Å²) >= 11 is 1.37. The molecular formula is C20H24N4O5S. The molecule has 3 fully saturated rings. The van der Waals surface area contributed by atoms with Gasteiger partial charge in [-0.1, -0.05) is 0 Å². The van der Waals surface area contributed by atoms with Gasteiger partial charge in [0.25, 0.3) is 5.56 Å². The Morgan fingerprint density at radius 1 is 1.17 bits per heavy atom. The van der Waals surface area contributed by atoms with Crippen molar-refractivity contribution in [1.82, 2.24) is 19.4 Å². The van der Waals surface area contributed by atoms with Crippen LogP contribution in [0.2, 0.25) is 0 Å². The zero-order chi connectivity index (χ0) is 21.0. The van der Waals surface area contributed by atoms with E-state index in [0.717, 1.165) is 36.1 Å². The highest BCUT2D eigenvalue weighted by atomic mass is 32.1. The highest BCUT2D eigenvalue weighted by Gasteiger charge is 2.32. The number of thiophene rings is 1. The van der Waals surface area contributed by atoms with Gasteiger partial charge in [0.05, 0.1) is 24.6 Å². The molecule has 1 unspecified atom stereocenters. The molecule has 0 bridgehead atoms. The van der Waals surface area contributed by atoms with Crippen molar-refractivity contribution in [3.05, 3.63) is 31.3 Å². The minimum absolute atomic E-state index is 0.0275. The van der Waals surface area contributed by atoms with Gasteiger partial charge in [0.2, 0.25) is 0 Å². The zero-order valence-corrected chi connectivity index (χ0v) is 17.6. The van der Waals surface area contributed by atoms with Crippen molar-refractivity contribution in [2.24, 2.45) is 0 Å². The Morgan fingerprint density at radius 3 is 2.67 bits per heavy atom. The Hall–Kier alpha value is -2.46. The molecule has 0 spiro atoms. The van der Waals surface area contributed by atoms with Crippen LogP contribution in [-0.4, -0.2) is 51.6 Å². The average molecular weight is 433 g/mol. The van der Waals surface area contributed by atoms with E-state index >= 15 is 0 Å². The number of carbonyl (C=O) groups is 2. The number of piperazine rings is 1. The predicted octanol–water partition coefficient (Wildman–Crippen LogP) is 0.505. The maximum absolute atomic E-state index is 13.2. The summed E-state index contributed by atoms with van der Waals surface area (Å²) in [5.41, 5.74) is 0.268. The highest BCUT2D eigenvalue weighted by Crippen LogP contribution is 2.35. The van der Waals surface area contributed by atoms with Gasteiger partial charge in [0.15, 0.2) is 0 Å². The molecule has 160 valence electrons. The standard InChI is InChI=1S/C20H24N4O5S/c1-11-14(10-22-7-6-21-16(25)18(22)27)30-19-15(11)17(26)24(12-4-5-12)20(28)23(19)9-13-3-2-8-29-13/h12-13H,2-10H2,1H3,(H,21,25). The van der Waals surface area contributed by atoms with Crippen molar-refractivity contribution < 1.29 is 14.3 Å². The molecule has 1 N–H and O–H groups in total. The van der Waals surface area contributed by atoms with Crippen molar-refractivity contribution >= 4 is 33.4 Å². The van der Waals surface area contributed by atoms with Gasteiger partial charge in [-0.3, -0.25) is 23.5 Å². The normalized spacial score (nSPS) is 22.2. The molecule has 2 aliphatic heterocycles. The minimum atomic E-state index is -0.605. The number of amides is 2. The van der Waals surface area contributed by atoms with Gasteiger partial charge in [0, 0.05) is 30.6 Å². The first kappa shape index (κ1) is 19.5. The summed E-state index contributed by atoms with van der Waals surface area (Å²) in [6, 6.07) is -0.0275. The lowest BCUT2D eigenvalue weighted by Gasteiger charge is -2.26. The molecule has 1 atom stereocenters. The third-order valence-electron chi connectivity index (χ3n) is 6.15. The largest absolute Gasteiger partial charge is 0.376 e. The van der Waals surface area contributed by atoms with Gasteiger partial charge in [0.1, 0.15) is 4.83 Å². The molecule has 3 aliphatic rings. The Morgan fingerprint density at radius 2 is 1.97 bits per heavy atom. The molecule has 2 amide bonds.